The van der Waals surface area contributed by atoms with Crippen LogP contribution < -0.4 is 5.32 Å². The Bertz CT molecular complexity index is 678. The molecule has 3 heterocycles. The molecule has 0 radical (unpaired) electrons. The summed E-state index contributed by atoms with van der Waals surface area (Å²) in [7, 11) is 0. The van der Waals surface area contributed by atoms with Crippen molar-refractivity contribution < 1.29 is 9.53 Å². The van der Waals surface area contributed by atoms with Gasteiger partial charge < -0.3 is 14.6 Å². The molecule has 1 aliphatic heterocycles. The van der Waals surface area contributed by atoms with E-state index in [1.807, 2.05) is 30.0 Å². The fourth-order valence-corrected chi connectivity index (χ4v) is 3.06. The second-order valence-corrected chi connectivity index (χ2v) is 5.78. The van der Waals surface area contributed by atoms with Crippen LogP contribution in [0.4, 0.5) is 0 Å². The number of hydrogen-bond acceptors (Lipinski definition) is 5. The highest BCUT2D eigenvalue weighted by molar-refractivity contribution is 5.94. The molecule has 0 aliphatic carbocycles. The Morgan fingerprint density at radius 2 is 2.13 bits per heavy atom. The molecular weight excluding hydrogens is 296 g/mol. The van der Waals surface area contributed by atoms with Gasteiger partial charge in [-0.05, 0) is 20.8 Å². The Kier molecular flexibility index (Phi) is 4.42. The van der Waals surface area contributed by atoms with Crippen LogP contribution in [0.2, 0.25) is 0 Å². The highest BCUT2D eigenvalue weighted by Gasteiger charge is 2.31. The van der Waals surface area contributed by atoms with E-state index in [0.717, 1.165) is 17.8 Å². The van der Waals surface area contributed by atoms with Gasteiger partial charge >= 0.3 is 0 Å². The summed E-state index contributed by atoms with van der Waals surface area (Å²) in [6, 6.07) is 0. The summed E-state index contributed by atoms with van der Waals surface area (Å²) in [6.07, 6.45) is 4.02. The van der Waals surface area contributed by atoms with Gasteiger partial charge in [-0.1, -0.05) is 0 Å². The van der Waals surface area contributed by atoms with Gasteiger partial charge in [-0.3, -0.25) is 9.48 Å². The molecular formula is C15H22N6O2. The lowest BCUT2D eigenvalue weighted by atomic mass is 9.99. The minimum absolute atomic E-state index is 0.0419. The van der Waals surface area contributed by atoms with Crippen molar-refractivity contribution in [3.63, 3.8) is 0 Å². The fourth-order valence-electron chi connectivity index (χ4n) is 3.06. The molecule has 3 rings (SSSR count). The summed E-state index contributed by atoms with van der Waals surface area (Å²) in [5, 5.41) is 14.9. The van der Waals surface area contributed by atoms with Crippen LogP contribution in [0.5, 0.6) is 0 Å². The molecule has 1 N–H and O–H groups in total. The van der Waals surface area contributed by atoms with E-state index in [1.54, 1.807) is 12.7 Å². The second kappa shape index (κ2) is 6.49. The van der Waals surface area contributed by atoms with Crippen LogP contribution in [0.1, 0.15) is 48.6 Å². The maximum atomic E-state index is 12.5. The first kappa shape index (κ1) is 15.7. The van der Waals surface area contributed by atoms with Crippen LogP contribution >= 0.6 is 0 Å². The summed E-state index contributed by atoms with van der Waals surface area (Å²) >= 11 is 0. The molecule has 0 unspecified atom stereocenters. The average Bonchev–Trinajstić information content (AvgIpc) is 3.14. The number of aromatic nitrogens is 5. The predicted octanol–water partition coefficient (Wildman–Crippen LogP) is 0.947. The Morgan fingerprint density at radius 1 is 1.39 bits per heavy atom. The second-order valence-electron chi connectivity index (χ2n) is 5.78. The van der Waals surface area contributed by atoms with Gasteiger partial charge in [-0.2, -0.15) is 5.10 Å². The number of aryl methyl sites for hydroxylation is 1. The SMILES string of the molecule is CCn1nc(C(=O)NCCn2cnnc2)c2c1[C@H](C)O[C@H](C)C2. The third-order valence-electron chi connectivity index (χ3n) is 4.04. The van der Waals surface area contributed by atoms with Gasteiger partial charge in [0.2, 0.25) is 0 Å². The first-order valence-electron chi connectivity index (χ1n) is 7.95. The van der Waals surface area contributed by atoms with Crippen LogP contribution in [0.15, 0.2) is 12.7 Å². The molecule has 1 aliphatic rings. The quantitative estimate of drug-likeness (QED) is 0.887. The standard InChI is InChI=1S/C15H22N6O2/c1-4-21-14-11(3)23-10(2)7-12(14)13(19-21)15(22)16-5-6-20-8-17-18-9-20/h8-11H,4-7H2,1-3H3,(H,16,22)/t10-,11+/m1/s1. The third kappa shape index (κ3) is 3.12. The molecule has 0 spiro atoms. The van der Waals surface area contributed by atoms with Gasteiger partial charge in [0.05, 0.1) is 17.9 Å². The van der Waals surface area contributed by atoms with E-state index in [1.165, 1.54) is 0 Å². The molecule has 0 bridgehead atoms. The first-order valence-corrected chi connectivity index (χ1v) is 7.95. The van der Waals surface area contributed by atoms with E-state index >= 15 is 0 Å². The number of amides is 1. The fraction of sp³-hybridized carbons (Fsp3) is 0.600. The van der Waals surface area contributed by atoms with Crippen LogP contribution in [-0.2, 0) is 24.2 Å². The summed E-state index contributed by atoms with van der Waals surface area (Å²) in [4.78, 5) is 12.5. The molecule has 1 amide bonds. The molecule has 0 saturated heterocycles. The van der Waals surface area contributed by atoms with Gasteiger partial charge in [-0.25, -0.2) is 0 Å². The molecule has 0 aromatic carbocycles. The van der Waals surface area contributed by atoms with E-state index in [4.69, 9.17) is 4.74 Å². The molecule has 2 atom stereocenters. The molecule has 23 heavy (non-hydrogen) atoms. The maximum Gasteiger partial charge on any atom is 0.272 e. The Morgan fingerprint density at radius 3 is 2.83 bits per heavy atom. The summed E-state index contributed by atoms with van der Waals surface area (Å²) in [5.41, 5.74) is 2.56. The van der Waals surface area contributed by atoms with Crippen molar-refractivity contribution in [2.45, 2.75) is 52.5 Å². The number of ether oxygens (including phenoxy) is 1. The monoisotopic (exact) mass is 318 g/mol. The first-order chi connectivity index (χ1) is 11.1. The average molecular weight is 318 g/mol. The van der Waals surface area contributed by atoms with E-state index in [-0.39, 0.29) is 18.1 Å². The summed E-state index contributed by atoms with van der Waals surface area (Å²) in [6.45, 7) is 7.91. The van der Waals surface area contributed by atoms with E-state index in [0.29, 0.717) is 25.2 Å². The molecule has 8 heteroatoms. The van der Waals surface area contributed by atoms with Crippen molar-refractivity contribution in [2.75, 3.05) is 6.54 Å². The number of hydrogen-bond donors (Lipinski definition) is 1. The van der Waals surface area contributed by atoms with Gasteiger partial charge in [-0.15, -0.1) is 10.2 Å². The zero-order valence-electron chi connectivity index (χ0n) is 13.7. The van der Waals surface area contributed by atoms with Gasteiger partial charge in [0, 0.05) is 31.6 Å². The number of fused-ring (bicyclic) bond motifs is 1. The van der Waals surface area contributed by atoms with Crippen LogP contribution in [0.3, 0.4) is 0 Å². The topological polar surface area (TPSA) is 86.9 Å². The van der Waals surface area contributed by atoms with Gasteiger partial charge in [0.15, 0.2) is 5.69 Å². The maximum absolute atomic E-state index is 12.5. The summed E-state index contributed by atoms with van der Waals surface area (Å²) < 4.78 is 9.56. The lowest BCUT2D eigenvalue weighted by Crippen LogP contribution is -2.29. The van der Waals surface area contributed by atoms with Crippen LogP contribution in [0.25, 0.3) is 0 Å². The Balaban J connectivity index is 1.75. The van der Waals surface area contributed by atoms with Crippen molar-refractivity contribution >= 4 is 5.91 Å². The lowest BCUT2D eigenvalue weighted by molar-refractivity contribution is -0.00948. The normalized spacial score (nSPS) is 20.3. The van der Waals surface area contributed by atoms with Crippen molar-refractivity contribution in [3.05, 3.63) is 29.6 Å². The zero-order chi connectivity index (χ0) is 16.4. The number of rotatable bonds is 5. The number of nitrogens with zero attached hydrogens (tertiary/aromatic N) is 5. The largest absolute Gasteiger partial charge is 0.369 e. The smallest absolute Gasteiger partial charge is 0.272 e. The van der Waals surface area contributed by atoms with Gasteiger partial charge in [0.1, 0.15) is 12.7 Å². The highest BCUT2D eigenvalue weighted by Crippen LogP contribution is 2.32. The summed E-state index contributed by atoms with van der Waals surface area (Å²) in [5.74, 6) is -0.136. The molecule has 124 valence electrons. The van der Waals surface area contributed by atoms with E-state index < -0.39 is 0 Å². The number of nitrogens with one attached hydrogen (secondary N) is 1. The number of carbonyl (C=O) groups excluding carboxylic acids is 1. The Hall–Kier alpha value is -2.22. The van der Waals surface area contributed by atoms with E-state index in [9.17, 15) is 4.79 Å². The minimum Gasteiger partial charge on any atom is -0.369 e. The van der Waals surface area contributed by atoms with E-state index in [2.05, 4.69) is 20.6 Å². The minimum atomic E-state index is -0.136. The van der Waals surface area contributed by atoms with Gasteiger partial charge in [0.25, 0.3) is 5.91 Å². The van der Waals surface area contributed by atoms with Crippen molar-refractivity contribution in [2.24, 2.45) is 0 Å². The molecule has 8 nitrogen and oxygen atoms in total. The molecule has 2 aromatic heterocycles. The predicted molar refractivity (Wildman–Crippen MR) is 82.9 cm³/mol. The zero-order valence-corrected chi connectivity index (χ0v) is 13.7. The molecule has 2 aromatic rings. The Labute approximate surface area is 134 Å². The van der Waals surface area contributed by atoms with Crippen LogP contribution in [0, 0.1) is 0 Å². The van der Waals surface area contributed by atoms with Crippen molar-refractivity contribution in [1.82, 2.24) is 29.9 Å². The van der Waals surface area contributed by atoms with Crippen molar-refractivity contribution in [1.29, 1.82) is 0 Å². The van der Waals surface area contributed by atoms with Crippen molar-refractivity contribution in [3.8, 4) is 0 Å². The molecule has 0 fully saturated rings. The van der Waals surface area contributed by atoms with Crippen LogP contribution in [-0.4, -0.2) is 43.1 Å². The third-order valence-corrected chi connectivity index (χ3v) is 4.04. The lowest BCUT2D eigenvalue weighted by Gasteiger charge is -2.26. The molecule has 0 saturated carbocycles. The number of carbonyl (C=O) groups is 1. The highest BCUT2D eigenvalue weighted by atomic mass is 16.5.